The van der Waals surface area contributed by atoms with Gasteiger partial charge in [-0.15, -0.1) is 0 Å². The molecule has 3 heterocycles. The maximum absolute atomic E-state index is 12.3. The van der Waals surface area contributed by atoms with E-state index >= 15 is 0 Å². The number of aromatic nitrogens is 4. The third kappa shape index (κ3) is 3.88. The Labute approximate surface area is 171 Å². The molecule has 4 rings (SSSR count). The molecule has 1 aromatic carbocycles. The summed E-state index contributed by atoms with van der Waals surface area (Å²) in [5.41, 5.74) is 8.44. The summed E-state index contributed by atoms with van der Waals surface area (Å²) < 4.78 is 2.87. The van der Waals surface area contributed by atoms with Crippen LogP contribution in [-0.4, -0.2) is 31.1 Å². The normalized spacial score (nSPS) is 10.9. The standard InChI is InChI=1S/C22H19N5O3/c23-19(29)11-9-16(28)14-27-20(30)12-10-17(24-27)21-18-8-4-5-13-26(18)25-22(21)15-6-2-1-3-7-15/h1-8,10,12-13H,9,11,14H2,(H2,23,29). The molecule has 0 spiro atoms. The number of carbonyl (C=O) groups excluding carboxylic acids is 2. The number of carbonyl (C=O) groups is 2. The van der Waals surface area contributed by atoms with E-state index in [1.807, 2.05) is 54.7 Å². The van der Waals surface area contributed by atoms with Crippen molar-refractivity contribution in [3.05, 3.63) is 77.2 Å². The highest BCUT2D eigenvalue weighted by molar-refractivity contribution is 5.90. The molecule has 0 bridgehead atoms. The van der Waals surface area contributed by atoms with Gasteiger partial charge < -0.3 is 5.73 Å². The van der Waals surface area contributed by atoms with Crippen molar-refractivity contribution in [3.63, 3.8) is 0 Å². The smallest absolute Gasteiger partial charge is 0.267 e. The van der Waals surface area contributed by atoms with Crippen LogP contribution in [0.4, 0.5) is 0 Å². The molecule has 8 heteroatoms. The summed E-state index contributed by atoms with van der Waals surface area (Å²) in [5.74, 6) is -0.847. The van der Waals surface area contributed by atoms with Crippen molar-refractivity contribution in [1.82, 2.24) is 19.4 Å². The molecule has 30 heavy (non-hydrogen) atoms. The van der Waals surface area contributed by atoms with E-state index in [2.05, 4.69) is 5.10 Å². The van der Waals surface area contributed by atoms with E-state index in [-0.39, 0.29) is 25.2 Å². The third-order valence-corrected chi connectivity index (χ3v) is 4.69. The largest absolute Gasteiger partial charge is 0.370 e. The predicted molar refractivity (Wildman–Crippen MR) is 112 cm³/mol. The van der Waals surface area contributed by atoms with Gasteiger partial charge in [0.2, 0.25) is 5.91 Å². The Morgan fingerprint density at radius 1 is 0.900 bits per heavy atom. The molecular formula is C22H19N5O3. The van der Waals surface area contributed by atoms with Crippen LogP contribution in [0.3, 0.4) is 0 Å². The van der Waals surface area contributed by atoms with Gasteiger partial charge in [0.05, 0.1) is 16.8 Å². The van der Waals surface area contributed by atoms with Gasteiger partial charge in [0, 0.05) is 30.7 Å². The first kappa shape index (κ1) is 19.3. The van der Waals surface area contributed by atoms with Crippen LogP contribution in [0.25, 0.3) is 28.0 Å². The van der Waals surface area contributed by atoms with E-state index in [1.165, 1.54) is 6.07 Å². The van der Waals surface area contributed by atoms with Crippen LogP contribution in [0.2, 0.25) is 0 Å². The summed E-state index contributed by atoms with van der Waals surface area (Å²) in [4.78, 5) is 35.3. The Morgan fingerprint density at radius 3 is 2.43 bits per heavy atom. The number of fused-ring (bicyclic) bond motifs is 1. The fourth-order valence-corrected chi connectivity index (χ4v) is 3.25. The number of hydrogen-bond acceptors (Lipinski definition) is 5. The number of nitrogens with zero attached hydrogens (tertiary/aromatic N) is 4. The molecule has 0 aliphatic rings. The molecule has 4 aromatic rings. The topological polar surface area (TPSA) is 112 Å². The monoisotopic (exact) mass is 401 g/mol. The quantitative estimate of drug-likeness (QED) is 0.509. The molecule has 2 N–H and O–H groups in total. The number of amides is 1. The summed E-state index contributed by atoms with van der Waals surface area (Å²) >= 11 is 0. The van der Waals surface area contributed by atoms with Gasteiger partial charge in [-0.3, -0.25) is 14.4 Å². The minimum absolute atomic E-state index is 0.0281. The highest BCUT2D eigenvalue weighted by Gasteiger charge is 2.18. The Hall–Kier alpha value is -4.07. The average molecular weight is 401 g/mol. The second-order valence-corrected chi connectivity index (χ2v) is 6.84. The Kier molecular flexibility index (Phi) is 5.21. The number of pyridine rings is 1. The van der Waals surface area contributed by atoms with Crippen LogP contribution >= 0.6 is 0 Å². The fraction of sp³-hybridized carbons (Fsp3) is 0.136. The molecule has 8 nitrogen and oxygen atoms in total. The number of rotatable bonds is 7. The van der Waals surface area contributed by atoms with Crippen LogP contribution in [-0.2, 0) is 16.1 Å². The Morgan fingerprint density at radius 2 is 1.67 bits per heavy atom. The van der Waals surface area contributed by atoms with Crippen LogP contribution in [0.1, 0.15) is 12.8 Å². The predicted octanol–water partition coefficient (Wildman–Crippen LogP) is 2.06. The van der Waals surface area contributed by atoms with Crippen molar-refractivity contribution in [3.8, 4) is 22.5 Å². The van der Waals surface area contributed by atoms with E-state index in [4.69, 9.17) is 10.8 Å². The van der Waals surface area contributed by atoms with Crippen molar-refractivity contribution < 1.29 is 9.59 Å². The second-order valence-electron chi connectivity index (χ2n) is 6.84. The lowest BCUT2D eigenvalue weighted by atomic mass is 10.0. The van der Waals surface area contributed by atoms with Crippen LogP contribution in [0, 0.1) is 0 Å². The molecule has 0 aliphatic heterocycles. The van der Waals surface area contributed by atoms with Crippen LogP contribution in [0.5, 0.6) is 0 Å². The molecule has 0 atom stereocenters. The second kappa shape index (κ2) is 8.12. The first-order chi connectivity index (χ1) is 14.5. The van der Waals surface area contributed by atoms with Gasteiger partial charge in [-0.25, -0.2) is 9.20 Å². The summed E-state index contributed by atoms with van der Waals surface area (Å²) in [5, 5.41) is 9.12. The van der Waals surface area contributed by atoms with Gasteiger partial charge in [-0.05, 0) is 18.2 Å². The number of ketones is 1. The molecule has 150 valence electrons. The molecule has 0 aliphatic carbocycles. The summed E-state index contributed by atoms with van der Waals surface area (Å²) in [6.07, 6.45) is 1.76. The minimum atomic E-state index is -0.559. The van der Waals surface area contributed by atoms with Gasteiger partial charge in [-0.2, -0.15) is 10.2 Å². The lowest BCUT2D eigenvalue weighted by Gasteiger charge is -2.07. The van der Waals surface area contributed by atoms with Gasteiger partial charge in [0.15, 0.2) is 5.78 Å². The van der Waals surface area contributed by atoms with Crippen molar-refractivity contribution in [2.45, 2.75) is 19.4 Å². The summed E-state index contributed by atoms with van der Waals surface area (Å²) in [7, 11) is 0. The summed E-state index contributed by atoms with van der Waals surface area (Å²) in [6.45, 7) is -0.222. The van der Waals surface area contributed by atoms with Gasteiger partial charge >= 0.3 is 0 Å². The molecular weight excluding hydrogens is 382 g/mol. The van der Waals surface area contributed by atoms with Crippen molar-refractivity contribution in [1.29, 1.82) is 0 Å². The molecule has 3 aromatic heterocycles. The number of primary amides is 1. The van der Waals surface area contributed by atoms with Crippen molar-refractivity contribution >= 4 is 17.2 Å². The minimum Gasteiger partial charge on any atom is -0.370 e. The van der Waals surface area contributed by atoms with E-state index in [9.17, 15) is 14.4 Å². The van der Waals surface area contributed by atoms with E-state index < -0.39 is 11.5 Å². The highest BCUT2D eigenvalue weighted by atomic mass is 16.2. The van der Waals surface area contributed by atoms with E-state index in [0.29, 0.717) is 5.69 Å². The maximum atomic E-state index is 12.3. The fourth-order valence-electron chi connectivity index (χ4n) is 3.25. The molecule has 0 saturated carbocycles. The molecule has 1 amide bonds. The number of hydrogen-bond donors (Lipinski definition) is 1. The summed E-state index contributed by atoms with van der Waals surface area (Å²) in [6, 6.07) is 18.4. The maximum Gasteiger partial charge on any atom is 0.267 e. The zero-order valence-corrected chi connectivity index (χ0v) is 16.1. The molecule has 0 unspecified atom stereocenters. The number of benzene rings is 1. The molecule has 0 fully saturated rings. The Balaban J connectivity index is 1.80. The van der Waals surface area contributed by atoms with Gasteiger partial charge in [0.1, 0.15) is 12.2 Å². The van der Waals surface area contributed by atoms with E-state index in [0.717, 1.165) is 27.0 Å². The van der Waals surface area contributed by atoms with E-state index in [1.54, 1.807) is 10.6 Å². The van der Waals surface area contributed by atoms with Gasteiger partial charge in [0.25, 0.3) is 5.56 Å². The highest BCUT2D eigenvalue weighted by Crippen LogP contribution is 2.33. The SMILES string of the molecule is NC(=O)CCC(=O)Cn1nc(-c2c(-c3ccccc3)nn3ccccc23)ccc1=O. The van der Waals surface area contributed by atoms with Gasteiger partial charge in [-0.1, -0.05) is 36.4 Å². The Bertz CT molecular complexity index is 1290. The van der Waals surface area contributed by atoms with Crippen molar-refractivity contribution in [2.75, 3.05) is 0 Å². The van der Waals surface area contributed by atoms with Crippen LogP contribution in [0.15, 0.2) is 71.7 Å². The van der Waals surface area contributed by atoms with Crippen molar-refractivity contribution in [2.24, 2.45) is 5.73 Å². The zero-order chi connectivity index (χ0) is 21.1. The average Bonchev–Trinajstić information content (AvgIpc) is 3.14. The molecule has 0 saturated heterocycles. The first-order valence-corrected chi connectivity index (χ1v) is 9.44. The first-order valence-electron chi connectivity index (χ1n) is 9.44. The van der Waals surface area contributed by atoms with Crippen LogP contribution < -0.4 is 11.3 Å². The number of nitrogens with two attached hydrogens (primary N) is 1. The lowest BCUT2D eigenvalue weighted by Crippen LogP contribution is -2.27. The number of Topliss-reactive ketones (excluding diaryl/α,β-unsaturated/α-hetero) is 1. The zero-order valence-electron chi connectivity index (χ0n) is 16.1. The molecule has 0 radical (unpaired) electrons. The lowest BCUT2D eigenvalue weighted by molar-refractivity contribution is -0.124. The third-order valence-electron chi connectivity index (χ3n) is 4.69.